The van der Waals surface area contributed by atoms with E-state index in [9.17, 15) is 9.59 Å². The van der Waals surface area contributed by atoms with Gasteiger partial charge in [0.15, 0.2) is 0 Å². The van der Waals surface area contributed by atoms with Gasteiger partial charge >= 0.3 is 11.9 Å². The molecule has 5 heteroatoms. The number of benzene rings is 2. The predicted octanol–water partition coefficient (Wildman–Crippen LogP) is 1.86. The van der Waals surface area contributed by atoms with Crippen molar-refractivity contribution in [1.29, 1.82) is 0 Å². The van der Waals surface area contributed by atoms with Gasteiger partial charge in [0.05, 0.1) is 11.1 Å². The maximum atomic E-state index is 11.1. The lowest BCUT2D eigenvalue weighted by Crippen LogP contribution is -2.08. The van der Waals surface area contributed by atoms with Crippen LogP contribution in [0.25, 0.3) is 10.8 Å². The summed E-state index contributed by atoms with van der Waals surface area (Å²) in [7, 11) is 0. The molecule has 4 nitrogen and oxygen atoms in total. The average Bonchev–Trinajstić information content (AvgIpc) is 2.27. The predicted molar refractivity (Wildman–Crippen MR) is 63.6 cm³/mol. The minimum Gasteiger partial charge on any atom is -0.478 e. The SMILES string of the molecule is O=C(O)c1ccc2ccccc2c1C(=O)O.[Al]. The largest absolute Gasteiger partial charge is 0.478 e. The smallest absolute Gasteiger partial charge is 0.337 e. The third-order valence-corrected chi connectivity index (χ3v) is 2.37. The summed E-state index contributed by atoms with van der Waals surface area (Å²) in [4.78, 5) is 22.0. The van der Waals surface area contributed by atoms with Crippen molar-refractivity contribution in [1.82, 2.24) is 0 Å². The van der Waals surface area contributed by atoms with Gasteiger partial charge in [-0.05, 0) is 16.8 Å². The highest BCUT2D eigenvalue weighted by molar-refractivity contribution is 6.11. The summed E-state index contributed by atoms with van der Waals surface area (Å²) >= 11 is 0. The van der Waals surface area contributed by atoms with Gasteiger partial charge in [0.1, 0.15) is 0 Å². The first kappa shape index (κ1) is 13.2. The Morgan fingerprint density at radius 1 is 0.882 bits per heavy atom. The van der Waals surface area contributed by atoms with Crippen LogP contribution < -0.4 is 0 Å². The van der Waals surface area contributed by atoms with Crippen LogP contribution in [0.4, 0.5) is 0 Å². The van der Waals surface area contributed by atoms with E-state index in [1.165, 1.54) is 6.07 Å². The highest BCUT2D eigenvalue weighted by atomic mass is 27.0. The quantitative estimate of drug-likeness (QED) is 0.789. The summed E-state index contributed by atoms with van der Waals surface area (Å²) in [5, 5.41) is 19.1. The van der Waals surface area contributed by atoms with Crippen molar-refractivity contribution in [3.63, 3.8) is 0 Å². The molecule has 0 aliphatic rings. The molecule has 0 fully saturated rings. The maximum Gasteiger partial charge on any atom is 0.337 e. The van der Waals surface area contributed by atoms with Gasteiger partial charge in [-0.1, -0.05) is 30.3 Å². The Morgan fingerprint density at radius 2 is 1.53 bits per heavy atom. The van der Waals surface area contributed by atoms with E-state index in [2.05, 4.69) is 0 Å². The third-order valence-electron chi connectivity index (χ3n) is 2.37. The summed E-state index contributed by atoms with van der Waals surface area (Å²) in [6, 6.07) is 9.72. The number of carboxylic acids is 2. The van der Waals surface area contributed by atoms with Crippen molar-refractivity contribution >= 4 is 40.1 Å². The van der Waals surface area contributed by atoms with Crippen LogP contribution in [-0.2, 0) is 0 Å². The van der Waals surface area contributed by atoms with Crippen LogP contribution in [0.2, 0.25) is 0 Å². The number of hydrogen-bond acceptors (Lipinski definition) is 2. The molecule has 0 aliphatic heterocycles. The van der Waals surface area contributed by atoms with E-state index < -0.39 is 11.9 Å². The van der Waals surface area contributed by atoms with Crippen LogP contribution in [0.15, 0.2) is 36.4 Å². The average molecular weight is 243 g/mol. The Morgan fingerprint density at radius 3 is 2.12 bits per heavy atom. The third kappa shape index (κ3) is 2.31. The van der Waals surface area contributed by atoms with Gasteiger partial charge in [0.25, 0.3) is 0 Å². The molecule has 3 radical (unpaired) electrons. The second-order valence-corrected chi connectivity index (χ2v) is 3.32. The van der Waals surface area contributed by atoms with Gasteiger partial charge in [-0.2, -0.15) is 0 Å². The van der Waals surface area contributed by atoms with Gasteiger partial charge in [-0.3, -0.25) is 0 Å². The first-order valence-corrected chi connectivity index (χ1v) is 4.59. The molecular weight excluding hydrogens is 235 g/mol. The Hall–Kier alpha value is -1.83. The Bertz CT molecular complexity index is 592. The first-order chi connectivity index (χ1) is 7.61. The topological polar surface area (TPSA) is 74.6 Å². The van der Waals surface area contributed by atoms with E-state index in [0.29, 0.717) is 10.8 Å². The molecule has 2 N–H and O–H groups in total. The molecule has 0 amide bonds. The lowest BCUT2D eigenvalue weighted by Gasteiger charge is -2.05. The van der Waals surface area contributed by atoms with Gasteiger partial charge in [0, 0.05) is 17.4 Å². The van der Waals surface area contributed by atoms with Crippen LogP contribution in [-0.4, -0.2) is 39.5 Å². The second-order valence-electron chi connectivity index (χ2n) is 3.32. The lowest BCUT2D eigenvalue weighted by atomic mass is 9.99. The Labute approximate surface area is 108 Å². The van der Waals surface area contributed by atoms with Crippen LogP contribution in [0.5, 0.6) is 0 Å². The van der Waals surface area contributed by atoms with Crippen molar-refractivity contribution in [2.45, 2.75) is 0 Å². The fraction of sp³-hybridized carbons (Fsp3) is 0. The zero-order valence-corrected chi connectivity index (χ0v) is 9.91. The summed E-state index contributed by atoms with van der Waals surface area (Å²) in [5.41, 5.74) is -0.350. The van der Waals surface area contributed by atoms with E-state index in [1.54, 1.807) is 30.3 Å². The molecule has 2 aromatic carbocycles. The fourth-order valence-electron chi connectivity index (χ4n) is 1.68. The monoisotopic (exact) mass is 243 g/mol. The van der Waals surface area contributed by atoms with E-state index in [-0.39, 0.29) is 28.5 Å². The lowest BCUT2D eigenvalue weighted by molar-refractivity contribution is 0.0653. The maximum absolute atomic E-state index is 11.1. The molecule has 0 atom stereocenters. The van der Waals surface area contributed by atoms with E-state index >= 15 is 0 Å². The highest BCUT2D eigenvalue weighted by Crippen LogP contribution is 2.22. The fourth-order valence-corrected chi connectivity index (χ4v) is 1.68. The van der Waals surface area contributed by atoms with Crippen molar-refractivity contribution in [2.75, 3.05) is 0 Å². The second kappa shape index (κ2) is 5.00. The van der Waals surface area contributed by atoms with Crippen LogP contribution >= 0.6 is 0 Å². The molecular formula is C12H8AlO4. The first-order valence-electron chi connectivity index (χ1n) is 4.59. The number of carboxylic acid groups (broad SMARTS) is 2. The molecule has 83 valence electrons. The molecule has 17 heavy (non-hydrogen) atoms. The van der Waals surface area contributed by atoms with E-state index in [4.69, 9.17) is 10.2 Å². The van der Waals surface area contributed by atoms with Crippen molar-refractivity contribution in [3.05, 3.63) is 47.5 Å². The highest BCUT2D eigenvalue weighted by Gasteiger charge is 2.18. The van der Waals surface area contributed by atoms with Gasteiger partial charge in [-0.15, -0.1) is 0 Å². The summed E-state index contributed by atoms with van der Waals surface area (Å²) in [5.74, 6) is -2.46. The minimum absolute atomic E-state index is 0. The molecule has 0 saturated heterocycles. The molecule has 0 saturated carbocycles. The molecule has 0 aliphatic carbocycles. The molecule has 0 heterocycles. The van der Waals surface area contributed by atoms with Crippen molar-refractivity contribution < 1.29 is 19.8 Å². The normalized spacial score (nSPS) is 9.65. The number of fused-ring (bicyclic) bond motifs is 1. The van der Waals surface area contributed by atoms with E-state index in [1.807, 2.05) is 0 Å². The van der Waals surface area contributed by atoms with E-state index in [0.717, 1.165) is 0 Å². The number of carbonyl (C=O) groups is 2. The van der Waals surface area contributed by atoms with Crippen LogP contribution in [0.1, 0.15) is 20.7 Å². The zero-order valence-electron chi connectivity index (χ0n) is 8.75. The molecule has 2 aromatic rings. The summed E-state index contributed by atoms with van der Waals surface area (Å²) < 4.78 is 0. The molecule has 2 rings (SSSR count). The zero-order chi connectivity index (χ0) is 11.7. The van der Waals surface area contributed by atoms with Crippen molar-refractivity contribution in [2.24, 2.45) is 0 Å². The summed E-state index contributed by atoms with van der Waals surface area (Å²) in [6.45, 7) is 0. The Kier molecular flexibility index (Phi) is 3.90. The number of hydrogen-bond donors (Lipinski definition) is 2. The number of rotatable bonds is 2. The number of aromatic carboxylic acids is 2. The van der Waals surface area contributed by atoms with Crippen LogP contribution in [0.3, 0.4) is 0 Å². The van der Waals surface area contributed by atoms with Gasteiger partial charge in [0.2, 0.25) is 0 Å². The van der Waals surface area contributed by atoms with Crippen molar-refractivity contribution in [3.8, 4) is 0 Å². The van der Waals surface area contributed by atoms with Gasteiger partial charge in [-0.25, -0.2) is 9.59 Å². The molecule has 0 spiro atoms. The summed E-state index contributed by atoms with van der Waals surface area (Å²) in [6.07, 6.45) is 0. The standard InChI is InChI=1S/C12H8O4.Al/c13-11(14)9-6-5-7-3-1-2-4-8(7)10(9)12(15)16;/h1-6H,(H,13,14)(H,15,16);. The minimum atomic E-state index is -1.23. The molecule has 0 bridgehead atoms. The molecule has 0 unspecified atom stereocenters. The molecule has 0 aromatic heterocycles. The Balaban J connectivity index is 0.00000144. The van der Waals surface area contributed by atoms with Gasteiger partial charge < -0.3 is 10.2 Å². The van der Waals surface area contributed by atoms with Crippen LogP contribution in [0, 0.1) is 0 Å².